The van der Waals surface area contributed by atoms with Crippen molar-refractivity contribution >= 4 is 16.6 Å². The largest absolute Gasteiger partial charge is 0.465 e. The highest BCUT2D eigenvalue weighted by molar-refractivity contribution is 8.24. The summed E-state index contributed by atoms with van der Waals surface area (Å²) in [7, 11) is -1.35. The van der Waals surface area contributed by atoms with Gasteiger partial charge in [0.1, 0.15) is 17.3 Å². The van der Waals surface area contributed by atoms with E-state index >= 15 is 0 Å². The Morgan fingerprint density at radius 2 is 1.75 bits per heavy atom. The first-order valence-corrected chi connectivity index (χ1v) is 14.5. The number of oxazole rings is 1. The van der Waals surface area contributed by atoms with E-state index in [1.165, 1.54) is 23.8 Å². The molecule has 1 aliphatic rings. The summed E-state index contributed by atoms with van der Waals surface area (Å²) in [5.41, 5.74) is 2.61. The first-order chi connectivity index (χ1) is 19.0. The fourth-order valence-electron chi connectivity index (χ4n) is 5.09. The lowest BCUT2D eigenvalue weighted by molar-refractivity contribution is 0.0600. The Morgan fingerprint density at radius 3 is 2.38 bits per heavy atom. The van der Waals surface area contributed by atoms with Crippen molar-refractivity contribution < 1.29 is 31.8 Å². The second-order valence-corrected chi connectivity index (χ2v) is 12.3. The van der Waals surface area contributed by atoms with Gasteiger partial charge in [0.05, 0.1) is 23.9 Å². The average molecular weight is 571 g/mol. The van der Waals surface area contributed by atoms with Crippen molar-refractivity contribution in [2.45, 2.75) is 32.6 Å². The van der Waals surface area contributed by atoms with Crippen LogP contribution >= 0.6 is 10.6 Å². The summed E-state index contributed by atoms with van der Waals surface area (Å²) in [6, 6.07) is 9.33. The summed E-state index contributed by atoms with van der Waals surface area (Å²) in [5.74, 6) is -1.50. The van der Waals surface area contributed by atoms with Crippen molar-refractivity contribution in [3.05, 3.63) is 93.2 Å². The van der Waals surface area contributed by atoms with Crippen LogP contribution in [0.4, 0.5) is 8.78 Å². The van der Waals surface area contributed by atoms with E-state index in [-0.39, 0.29) is 40.0 Å². The third-order valence-electron chi connectivity index (χ3n) is 7.09. The normalized spacial score (nSPS) is 16.1. The highest BCUT2D eigenvalue weighted by atomic mass is 32.3. The molecule has 4 aromatic rings. The van der Waals surface area contributed by atoms with Gasteiger partial charge >= 0.3 is 5.97 Å². The number of hydrogen-bond acceptors (Lipinski definition) is 7. The maximum Gasteiger partial charge on any atom is 0.337 e. The van der Waals surface area contributed by atoms with Gasteiger partial charge in [0, 0.05) is 41.3 Å². The number of aryl methyl sites for hydroxylation is 2. The molecule has 2 aromatic carbocycles. The number of benzene rings is 2. The molecule has 1 saturated heterocycles. The quantitative estimate of drug-likeness (QED) is 0.264. The molecule has 1 aliphatic heterocycles. The van der Waals surface area contributed by atoms with Gasteiger partial charge in [-0.1, -0.05) is 0 Å². The molecule has 0 bridgehead atoms. The van der Waals surface area contributed by atoms with Gasteiger partial charge in [-0.2, -0.15) is 10.6 Å². The molecule has 5 rings (SSSR count). The Morgan fingerprint density at radius 1 is 1.07 bits per heavy atom. The van der Waals surface area contributed by atoms with Gasteiger partial charge < -0.3 is 9.15 Å². The fourth-order valence-corrected chi connectivity index (χ4v) is 6.62. The molecule has 0 amide bonds. The maximum atomic E-state index is 14.9. The van der Waals surface area contributed by atoms with E-state index in [1.54, 1.807) is 38.2 Å². The van der Waals surface area contributed by atoms with Crippen LogP contribution in [0, 0.1) is 25.5 Å². The molecule has 11 heteroatoms. The van der Waals surface area contributed by atoms with Crippen LogP contribution in [0.1, 0.15) is 46.1 Å². The van der Waals surface area contributed by atoms with E-state index in [4.69, 9.17) is 14.1 Å². The summed E-state index contributed by atoms with van der Waals surface area (Å²) in [6.07, 6.45) is 2.43. The number of pyridine rings is 1. The van der Waals surface area contributed by atoms with Gasteiger partial charge in [-0.3, -0.25) is 18.5 Å². The van der Waals surface area contributed by atoms with E-state index < -0.39 is 28.2 Å². The maximum absolute atomic E-state index is 14.9. The number of aromatic nitrogens is 2. The monoisotopic (exact) mass is 570 g/mol. The van der Waals surface area contributed by atoms with Crippen LogP contribution in [0.3, 0.4) is 0 Å². The van der Waals surface area contributed by atoms with Crippen LogP contribution in [-0.2, 0) is 4.74 Å². The number of esters is 1. The molecule has 40 heavy (non-hydrogen) atoms. The Balaban J connectivity index is 1.65. The predicted octanol–water partition coefficient (Wildman–Crippen LogP) is 6.47. The molecule has 3 heterocycles. The number of methoxy groups -OCH3 is 1. The minimum Gasteiger partial charge on any atom is -0.465 e. The summed E-state index contributed by atoms with van der Waals surface area (Å²) >= 11 is 0. The second kappa shape index (κ2) is 10.6. The number of halogens is 2. The summed E-state index contributed by atoms with van der Waals surface area (Å²) in [5, 5.41) is 0. The lowest BCUT2D eigenvalue weighted by atomic mass is 10.0. The van der Waals surface area contributed by atoms with Crippen LogP contribution < -0.4 is 5.56 Å². The van der Waals surface area contributed by atoms with Crippen LogP contribution in [0.5, 0.6) is 0 Å². The third kappa shape index (κ3) is 5.32. The molecular formula is C29H28F2N2O6S. The standard InChI is InChI=1S/C29H28F2N2O6S/c1-16-12-20(29(35)38-3)13-17(2)26(16)33-15-19(4-7-24(33)34)25-27(22-6-5-21(30)14-23(22)31)39-28(32-25)18-8-10-40(36,37)11-9-18/h4-7,12-15,18,36-37H,8-11H2,1-3H3. The Labute approximate surface area is 230 Å². The lowest BCUT2D eigenvalue weighted by Gasteiger charge is -2.38. The molecule has 210 valence electrons. The van der Waals surface area contributed by atoms with Crippen molar-refractivity contribution in [1.82, 2.24) is 9.55 Å². The van der Waals surface area contributed by atoms with Gasteiger partial charge in [-0.15, -0.1) is 0 Å². The third-order valence-corrected chi connectivity index (χ3v) is 8.87. The fraction of sp³-hybridized carbons (Fsp3) is 0.276. The molecule has 0 atom stereocenters. The number of hydrogen-bond donors (Lipinski definition) is 2. The van der Waals surface area contributed by atoms with Crippen molar-refractivity contribution in [1.29, 1.82) is 0 Å². The van der Waals surface area contributed by atoms with Crippen LogP contribution in [0.25, 0.3) is 28.3 Å². The predicted molar refractivity (Wildman–Crippen MR) is 148 cm³/mol. The average Bonchev–Trinajstić information content (AvgIpc) is 3.33. The molecule has 0 spiro atoms. The molecule has 0 unspecified atom stereocenters. The van der Waals surface area contributed by atoms with E-state index in [9.17, 15) is 27.5 Å². The molecule has 0 radical (unpaired) electrons. The smallest absolute Gasteiger partial charge is 0.337 e. The van der Waals surface area contributed by atoms with E-state index in [0.717, 1.165) is 12.1 Å². The lowest BCUT2D eigenvalue weighted by Crippen LogP contribution is -2.19. The van der Waals surface area contributed by atoms with Crippen LogP contribution in [-0.4, -0.2) is 43.2 Å². The Bertz CT molecular complexity index is 1650. The van der Waals surface area contributed by atoms with Crippen molar-refractivity contribution in [3.8, 4) is 28.3 Å². The molecule has 8 nitrogen and oxygen atoms in total. The van der Waals surface area contributed by atoms with E-state index in [1.807, 2.05) is 0 Å². The van der Waals surface area contributed by atoms with Gasteiger partial charge in [0.2, 0.25) is 0 Å². The minimum atomic E-state index is -2.64. The van der Waals surface area contributed by atoms with Crippen molar-refractivity contribution in [2.24, 2.45) is 0 Å². The highest BCUT2D eigenvalue weighted by Crippen LogP contribution is 2.49. The first-order valence-electron chi connectivity index (χ1n) is 12.6. The highest BCUT2D eigenvalue weighted by Gasteiger charge is 2.31. The minimum absolute atomic E-state index is 0.00258. The van der Waals surface area contributed by atoms with Gasteiger partial charge in [0.25, 0.3) is 5.56 Å². The number of carbonyl (C=O) groups excluding carboxylic acids is 1. The zero-order valence-corrected chi connectivity index (χ0v) is 22.9. The van der Waals surface area contributed by atoms with Gasteiger partial charge in [-0.25, -0.2) is 18.6 Å². The molecule has 0 saturated carbocycles. The zero-order chi connectivity index (χ0) is 28.8. The SMILES string of the molecule is COC(=O)c1cc(C)c(-n2cc(-c3nc(C4CCS(O)(O)CC4)oc3-c3ccc(F)cc3F)ccc2=O)c(C)c1. The van der Waals surface area contributed by atoms with Crippen LogP contribution in [0.2, 0.25) is 0 Å². The number of nitrogens with zero attached hydrogens (tertiary/aromatic N) is 2. The summed E-state index contributed by atoms with van der Waals surface area (Å²) < 4.78 is 61.1. The Hall–Kier alpha value is -3.80. The number of carbonyl (C=O) groups is 1. The number of rotatable bonds is 5. The van der Waals surface area contributed by atoms with Crippen molar-refractivity contribution in [2.75, 3.05) is 18.6 Å². The molecule has 2 aromatic heterocycles. The summed E-state index contributed by atoms with van der Waals surface area (Å²) in [4.78, 5) is 29.8. The number of ether oxygens (including phenoxy) is 1. The van der Waals surface area contributed by atoms with Gasteiger partial charge in [-0.05, 0) is 68.1 Å². The molecule has 0 aliphatic carbocycles. The zero-order valence-electron chi connectivity index (χ0n) is 22.1. The molecular weight excluding hydrogens is 542 g/mol. The topological polar surface area (TPSA) is 115 Å². The first kappa shape index (κ1) is 27.8. The van der Waals surface area contributed by atoms with E-state index in [0.29, 0.717) is 46.7 Å². The Kier molecular flexibility index (Phi) is 7.38. The second-order valence-electron chi connectivity index (χ2n) is 9.91. The molecule has 2 N–H and O–H groups in total. The van der Waals surface area contributed by atoms with Crippen LogP contribution in [0.15, 0.2) is 57.9 Å². The molecule has 1 fully saturated rings. The van der Waals surface area contributed by atoms with Gasteiger partial charge in [0.15, 0.2) is 11.7 Å². The summed E-state index contributed by atoms with van der Waals surface area (Å²) in [6.45, 7) is 3.55. The van der Waals surface area contributed by atoms with Crippen molar-refractivity contribution in [3.63, 3.8) is 0 Å². The van der Waals surface area contributed by atoms with E-state index in [2.05, 4.69) is 0 Å².